The average molecular weight is 321 g/mol. The van der Waals surface area contributed by atoms with Gasteiger partial charge < -0.3 is 10.2 Å². The van der Waals surface area contributed by atoms with Gasteiger partial charge in [0.05, 0.1) is 5.92 Å². The van der Waals surface area contributed by atoms with Gasteiger partial charge in [0.15, 0.2) is 0 Å². The first-order valence-electron chi connectivity index (χ1n) is 8.42. The lowest BCUT2D eigenvalue weighted by molar-refractivity contribution is -0.122. The molecule has 1 amide bonds. The maximum atomic E-state index is 13.0. The predicted octanol–water partition coefficient (Wildman–Crippen LogP) is 3.27. The van der Waals surface area contributed by atoms with Crippen LogP contribution in [0, 0.1) is 5.92 Å². The monoisotopic (exact) mass is 320 g/mol. The molecule has 1 saturated carbocycles. The Morgan fingerprint density at radius 1 is 1.18 bits per heavy atom. The Hall–Kier alpha value is -1.06. The van der Waals surface area contributed by atoms with E-state index >= 15 is 0 Å². The summed E-state index contributed by atoms with van der Waals surface area (Å²) < 4.78 is 0. The molecule has 1 saturated heterocycles. The Labute approximate surface area is 138 Å². The second-order valence-corrected chi connectivity index (χ2v) is 6.97. The van der Waals surface area contributed by atoms with Crippen LogP contribution in [0.5, 0.6) is 0 Å². The highest BCUT2D eigenvalue weighted by Gasteiger charge is 2.46. The minimum atomic E-state index is 0. The van der Waals surface area contributed by atoms with E-state index in [1.165, 1.54) is 36.9 Å². The van der Waals surface area contributed by atoms with Gasteiger partial charge in [-0.05, 0) is 43.9 Å². The van der Waals surface area contributed by atoms with Crippen LogP contribution < -0.4 is 10.2 Å². The van der Waals surface area contributed by atoms with E-state index in [1.807, 2.05) is 0 Å². The third kappa shape index (κ3) is 2.44. The van der Waals surface area contributed by atoms with Gasteiger partial charge >= 0.3 is 0 Å². The number of amides is 1. The van der Waals surface area contributed by atoms with Gasteiger partial charge in [-0.25, -0.2) is 0 Å². The maximum absolute atomic E-state index is 13.0. The zero-order valence-electron chi connectivity index (χ0n) is 13.0. The van der Waals surface area contributed by atoms with E-state index in [4.69, 9.17) is 0 Å². The third-order valence-electron chi connectivity index (χ3n) is 5.70. The molecule has 4 heteroatoms. The van der Waals surface area contributed by atoms with Gasteiger partial charge in [-0.1, -0.05) is 31.0 Å². The lowest BCUT2D eigenvalue weighted by Crippen LogP contribution is -2.44. The van der Waals surface area contributed by atoms with Crippen LogP contribution in [-0.2, 0) is 10.2 Å². The standard InChI is InChI=1S/C18H24N2O.ClH/c21-17(14-6-5-11-19-12-14)20-13-18(9-3-4-10-18)15-7-1-2-8-16(15)20;/h1-2,7-8,14,19H,3-6,9-13H2;1H. The minimum absolute atomic E-state index is 0. The van der Waals surface area contributed by atoms with Crippen LogP contribution in [0.4, 0.5) is 5.69 Å². The molecule has 1 N–H and O–H groups in total. The number of nitrogens with one attached hydrogen (secondary N) is 1. The van der Waals surface area contributed by atoms with E-state index < -0.39 is 0 Å². The number of rotatable bonds is 1. The summed E-state index contributed by atoms with van der Waals surface area (Å²) in [4.78, 5) is 15.1. The van der Waals surface area contributed by atoms with Crippen molar-refractivity contribution in [2.45, 2.75) is 43.9 Å². The van der Waals surface area contributed by atoms with E-state index in [0.29, 0.717) is 5.91 Å². The number of nitrogens with zero attached hydrogens (tertiary/aromatic N) is 1. The van der Waals surface area contributed by atoms with Crippen molar-refractivity contribution in [3.05, 3.63) is 29.8 Å². The summed E-state index contributed by atoms with van der Waals surface area (Å²) in [6, 6.07) is 8.62. The molecule has 0 aromatic heterocycles. The first-order chi connectivity index (χ1) is 10.3. The molecule has 4 rings (SSSR count). The van der Waals surface area contributed by atoms with Crippen LogP contribution in [0.15, 0.2) is 24.3 Å². The largest absolute Gasteiger partial charge is 0.316 e. The Balaban J connectivity index is 0.00000144. The molecule has 1 aliphatic carbocycles. The summed E-state index contributed by atoms with van der Waals surface area (Å²) in [7, 11) is 0. The van der Waals surface area contributed by atoms with E-state index in [9.17, 15) is 4.79 Å². The normalized spacial score (nSPS) is 25.8. The van der Waals surface area contributed by atoms with Gasteiger partial charge in [0.25, 0.3) is 0 Å². The highest BCUT2D eigenvalue weighted by atomic mass is 35.5. The summed E-state index contributed by atoms with van der Waals surface area (Å²) in [6.45, 7) is 2.83. The molecule has 120 valence electrons. The van der Waals surface area contributed by atoms with Gasteiger partial charge in [-0.15, -0.1) is 12.4 Å². The number of benzene rings is 1. The highest BCUT2D eigenvalue weighted by Crippen LogP contribution is 2.50. The second-order valence-electron chi connectivity index (χ2n) is 6.97. The van der Waals surface area contributed by atoms with Crippen molar-refractivity contribution in [2.75, 3.05) is 24.5 Å². The van der Waals surface area contributed by atoms with E-state index in [1.54, 1.807) is 0 Å². The quantitative estimate of drug-likeness (QED) is 0.861. The van der Waals surface area contributed by atoms with Crippen molar-refractivity contribution in [3.63, 3.8) is 0 Å². The van der Waals surface area contributed by atoms with Crippen LogP contribution >= 0.6 is 12.4 Å². The number of hydrogen-bond acceptors (Lipinski definition) is 2. The molecule has 0 radical (unpaired) electrons. The SMILES string of the molecule is Cl.O=C(C1CCCNC1)N1CC2(CCCC2)c2ccccc21. The smallest absolute Gasteiger partial charge is 0.231 e. The van der Waals surface area contributed by atoms with Crippen LogP contribution in [0.3, 0.4) is 0 Å². The molecule has 2 aliphatic heterocycles. The molecule has 1 unspecified atom stereocenters. The highest BCUT2D eigenvalue weighted by molar-refractivity contribution is 5.98. The number of carbonyl (C=O) groups is 1. The molecule has 22 heavy (non-hydrogen) atoms. The molecular formula is C18H25ClN2O. The van der Waals surface area contributed by atoms with E-state index in [2.05, 4.69) is 34.5 Å². The third-order valence-corrected chi connectivity index (χ3v) is 5.70. The van der Waals surface area contributed by atoms with E-state index in [-0.39, 0.29) is 23.7 Å². The predicted molar refractivity (Wildman–Crippen MR) is 91.8 cm³/mol. The lowest BCUT2D eigenvalue weighted by atomic mass is 9.81. The fourth-order valence-electron chi connectivity index (χ4n) is 4.59. The van der Waals surface area contributed by atoms with Gasteiger partial charge in [-0.2, -0.15) is 0 Å². The molecule has 2 heterocycles. The molecule has 1 atom stereocenters. The second kappa shape index (κ2) is 6.21. The van der Waals surface area contributed by atoms with Crippen molar-refractivity contribution >= 4 is 24.0 Å². The summed E-state index contributed by atoms with van der Waals surface area (Å²) in [5.74, 6) is 0.516. The molecule has 0 bridgehead atoms. The Bertz CT molecular complexity index is 548. The van der Waals surface area contributed by atoms with Gasteiger partial charge in [-0.3, -0.25) is 4.79 Å². The molecule has 3 nitrogen and oxygen atoms in total. The minimum Gasteiger partial charge on any atom is -0.316 e. The summed E-state index contributed by atoms with van der Waals surface area (Å²) in [5.41, 5.74) is 2.88. The Morgan fingerprint density at radius 3 is 2.68 bits per heavy atom. The number of para-hydroxylation sites is 1. The molecule has 2 fully saturated rings. The molecule has 3 aliphatic rings. The van der Waals surface area contributed by atoms with Gasteiger partial charge in [0.2, 0.25) is 5.91 Å². The van der Waals surface area contributed by atoms with Crippen molar-refractivity contribution < 1.29 is 4.79 Å². The molecule has 1 aromatic carbocycles. The van der Waals surface area contributed by atoms with Gasteiger partial charge in [0.1, 0.15) is 0 Å². The molecule has 1 spiro atoms. The maximum Gasteiger partial charge on any atom is 0.231 e. The van der Waals surface area contributed by atoms with Crippen LogP contribution in [0.25, 0.3) is 0 Å². The zero-order chi connectivity index (χ0) is 14.3. The number of anilines is 1. The Morgan fingerprint density at radius 2 is 1.95 bits per heavy atom. The first-order valence-corrected chi connectivity index (χ1v) is 8.42. The topological polar surface area (TPSA) is 32.3 Å². The fraction of sp³-hybridized carbons (Fsp3) is 0.611. The number of halogens is 1. The lowest BCUT2D eigenvalue weighted by Gasteiger charge is -2.29. The van der Waals surface area contributed by atoms with Crippen LogP contribution in [0.2, 0.25) is 0 Å². The number of hydrogen-bond donors (Lipinski definition) is 1. The van der Waals surface area contributed by atoms with Crippen molar-refractivity contribution in [3.8, 4) is 0 Å². The van der Waals surface area contributed by atoms with Crippen LogP contribution in [0.1, 0.15) is 44.1 Å². The van der Waals surface area contributed by atoms with Crippen molar-refractivity contribution in [1.82, 2.24) is 5.32 Å². The van der Waals surface area contributed by atoms with Crippen LogP contribution in [-0.4, -0.2) is 25.5 Å². The fourth-order valence-corrected chi connectivity index (χ4v) is 4.59. The van der Waals surface area contributed by atoms with E-state index in [0.717, 1.165) is 32.5 Å². The summed E-state index contributed by atoms with van der Waals surface area (Å²) in [5, 5.41) is 3.38. The number of piperidine rings is 1. The number of fused-ring (bicyclic) bond motifs is 2. The average Bonchev–Trinajstić information content (AvgIpc) is 3.15. The van der Waals surface area contributed by atoms with Gasteiger partial charge in [0, 0.05) is 24.2 Å². The summed E-state index contributed by atoms with van der Waals surface area (Å²) in [6.07, 6.45) is 7.27. The molecular weight excluding hydrogens is 296 g/mol. The Kier molecular flexibility index (Phi) is 4.47. The first kappa shape index (κ1) is 15.8. The zero-order valence-corrected chi connectivity index (χ0v) is 13.8. The molecule has 1 aromatic rings. The van der Waals surface area contributed by atoms with Crippen molar-refractivity contribution in [1.29, 1.82) is 0 Å². The number of carbonyl (C=O) groups excluding carboxylic acids is 1. The van der Waals surface area contributed by atoms with Crippen molar-refractivity contribution in [2.24, 2.45) is 5.92 Å². The summed E-state index contributed by atoms with van der Waals surface area (Å²) >= 11 is 0.